The summed E-state index contributed by atoms with van der Waals surface area (Å²) in [6, 6.07) is 1.93. The van der Waals surface area contributed by atoms with Crippen molar-refractivity contribution in [3.8, 4) is 11.5 Å². The van der Waals surface area contributed by atoms with Crippen molar-refractivity contribution in [2.45, 2.75) is 45.1 Å². The molecule has 4 heteroatoms. The SMILES string of the molecule is CCc1c2c(cc(Cl)c1C1(C)CCCN1)OCCCO2. The van der Waals surface area contributed by atoms with E-state index >= 15 is 0 Å². The van der Waals surface area contributed by atoms with Crippen LogP contribution in [0.5, 0.6) is 11.5 Å². The Kier molecular flexibility index (Phi) is 3.83. The fourth-order valence-corrected chi connectivity index (χ4v) is 3.80. The van der Waals surface area contributed by atoms with E-state index in [1.165, 1.54) is 17.5 Å². The lowest BCUT2D eigenvalue weighted by atomic mass is 9.85. The van der Waals surface area contributed by atoms with E-state index < -0.39 is 0 Å². The number of fused-ring (bicyclic) bond motifs is 1. The molecule has 110 valence electrons. The number of halogens is 1. The Bertz CT molecular complexity index is 510. The summed E-state index contributed by atoms with van der Waals surface area (Å²) in [4.78, 5) is 0. The second kappa shape index (κ2) is 5.45. The fraction of sp³-hybridized carbons (Fsp3) is 0.625. The largest absolute Gasteiger partial charge is 0.489 e. The van der Waals surface area contributed by atoms with Crippen LogP contribution in [0, 0.1) is 0 Å². The zero-order chi connectivity index (χ0) is 14.2. The van der Waals surface area contributed by atoms with Crippen molar-refractivity contribution in [2.75, 3.05) is 19.8 Å². The first-order chi connectivity index (χ1) is 9.65. The van der Waals surface area contributed by atoms with E-state index in [0.29, 0.717) is 13.2 Å². The fourth-order valence-electron chi connectivity index (χ4n) is 3.38. The van der Waals surface area contributed by atoms with Gasteiger partial charge < -0.3 is 14.8 Å². The number of ether oxygens (including phenoxy) is 2. The molecule has 2 heterocycles. The quantitative estimate of drug-likeness (QED) is 0.903. The third kappa shape index (κ3) is 2.27. The highest BCUT2D eigenvalue weighted by atomic mass is 35.5. The van der Waals surface area contributed by atoms with Gasteiger partial charge in [0.15, 0.2) is 11.5 Å². The highest BCUT2D eigenvalue weighted by Crippen LogP contribution is 2.46. The summed E-state index contributed by atoms with van der Waals surface area (Å²) in [7, 11) is 0. The molecule has 1 saturated heterocycles. The predicted molar refractivity (Wildman–Crippen MR) is 81.0 cm³/mol. The Balaban J connectivity index is 2.16. The number of rotatable bonds is 2. The first-order valence-corrected chi connectivity index (χ1v) is 7.90. The highest BCUT2D eigenvalue weighted by Gasteiger charge is 2.36. The van der Waals surface area contributed by atoms with Crippen LogP contribution in [0.2, 0.25) is 5.02 Å². The van der Waals surface area contributed by atoms with Gasteiger partial charge in [0.05, 0.1) is 13.2 Å². The molecule has 0 saturated carbocycles. The van der Waals surface area contributed by atoms with Crippen LogP contribution in [-0.4, -0.2) is 19.8 Å². The molecule has 1 aromatic rings. The average molecular weight is 296 g/mol. The van der Waals surface area contributed by atoms with Gasteiger partial charge >= 0.3 is 0 Å². The lowest BCUT2D eigenvalue weighted by Gasteiger charge is -2.30. The Morgan fingerprint density at radius 1 is 1.30 bits per heavy atom. The summed E-state index contributed by atoms with van der Waals surface area (Å²) in [5.41, 5.74) is 2.35. The second-order valence-corrected chi connectivity index (χ2v) is 6.21. The molecule has 0 bridgehead atoms. The van der Waals surface area contributed by atoms with Crippen molar-refractivity contribution in [2.24, 2.45) is 0 Å². The van der Waals surface area contributed by atoms with Gasteiger partial charge in [0.25, 0.3) is 0 Å². The molecule has 1 N–H and O–H groups in total. The van der Waals surface area contributed by atoms with Crippen molar-refractivity contribution in [3.63, 3.8) is 0 Å². The van der Waals surface area contributed by atoms with Crippen LogP contribution in [0.1, 0.15) is 44.2 Å². The van der Waals surface area contributed by atoms with E-state index in [-0.39, 0.29) is 5.54 Å². The van der Waals surface area contributed by atoms with Crippen molar-refractivity contribution >= 4 is 11.6 Å². The molecule has 1 unspecified atom stereocenters. The van der Waals surface area contributed by atoms with Gasteiger partial charge in [-0.15, -0.1) is 0 Å². The van der Waals surface area contributed by atoms with Gasteiger partial charge in [0.2, 0.25) is 0 Å². The van der Waals surface area contributed by atoms with Crippen molar-refractivity contribution in [3.05, 3.63) is 22.2 Å². The minimum absolute atomic E-state index is 0.0485. The van der Waals surface area contributed by atoms with Crippen molar-refractivity contribution in [1.82, 2.24) is 5.32 Å². The molecule has 3 rings (SSSR count). The minimum Gasteiger partial charge on any atom is -0.489 e. The molecule has 1 fully saturated rings. The Morgan fingerprint density at radius 3 is 2.80 bits per heavy atom. The summed E-state index contributed by atoms with van der Waals surface area (Å²) in [6.45, 7) is 6.85. The molecule has 0 aliphatic carbocycles. The zero-order valence-electron chi connectivity index (χ0n) is 12.2. The maximum absolute atomic E-state index is 6.59. The number of hydrogen-bond donors (Lipinski definition) is 1. The van der Waals surface area contributed by atoms with Gasteiger partial charge in [-0.1, -0.05) is 18.5 Å². The standard InChI is InChI=1S/C16H22ClNO2/c1-3-11-14(16(2)6-4-7-18-16)12(17)10-13-15(11)20-9-5-8-19-13/h10,18H,3-9H2,1-2H3. The Labute approximate surface area is 125 Å². The molecular formula is C16H22ClNO2. The smallest absolute Gasteiger partial charge is 0.164 e. The van der Waals surface area contributed by atoms with Gasteiger partial charge in [0, 0.05) is 28.6 Å². The topological polar surface area (TPSA) is 30.5 Å². The molecule has 0 amide bonds. The van der Waals surface area contributed by atoms with E-state index in [2.05, 4.69) is 19.2 Å². The third-order valence-electron chi connectivity index (χ3n) is 4.36. The normalized spacial score (nSPS) is 25.6. The second-order valence-electron chi connectivity index (χ2n) is 5.81. The molecule has 0 spiro atoms. The first kappa shape index (κ1) is 14.0. The molecular weight excluding hydrogens is 274 g/mol. The predicted octanol–water partition coefficient (Wildman–Crippen LogP) is 3.66. The van der Waals surface area contributed by atoms with E-state index in [1.54, 1.807) is 0 Å². The molecule has 0 radical (unpaired) electrons. The Hall–Kier alpha value is -0.930. The molecule has 1 aromatic carbocycles. The highest BCUT2D eigenvalue weighted by molar-refractivity contribution is 6.31. The van der Waals surface area contributed by atoms with Gasteiger partial charge in [0.1, 0.15) is 0 Å². The van der Waals surface area contributed by atoms with E-state index in [0.717, 1.165) is 42.3 Å². The molecule has 3 nitrogen and oxygen atoms in total. The lowest BCUT2D eigenvalue weighted by molar-refractivity contribution is 0.296. The van der Waals surface area contributed by atoms with Crippen LogP contribution >= 0.6 is 11.6 Å². The average Bonchev–Trinajstić information content (AvgIpc) is 2.73. The van der Waals surface area contributed by atoms with E-state index in [4.69, 9.17) is 21.1 Å². The summed E-state index contributed by atoms with van der Waals surface area (Å²) < 4.78 is 11.8. The monoisotopic (exact) mass is 295 g/mol. The number of benzene rings is 1. The Morgan fingerprint density at radius 2 is 2.10 bits per heavy atom. The first-order valence-electron chi connectivity index (χ1n) is 7.52. The number of nitrogens with one attached hydrogen (secondary N) is 1. The molecule has 1 atom stereocenters. The van der Waals surface area contributed by atoms with Crippen LogP contribution < -0.4 is 14.8 Å². The van der Waals surface area contributed by atoms with Crippen LogP contribution in [0.4, 0.5) is 0 Å². The van der Waals surface area contributed by atoms with E-state index in [9.17, 15) is 0 Å². The molecule has 2 aliphatic rings. The van der Waals surface area contributed by atoms with Crippen LogP contribution in [0.15, 0.2) is 6.07 Å². The molecule has 0 aromatic heterocycles. The lowest BCUT2D eigenvalue weighted by Crippen LogP contribution is -2.34. The summed E-state index contributed by atoms with van der Waals surface area (Å²) in [5, 5.41) is 4.40. The third-order valence-corrected chi connectivity index (χ3v) is 4.66. The summed E-state index contributed by atoms with van der Waals surface area (Å²) in [5.74, 6) is 1.70. The minimum atomic E-state index is -0.0485. The van der Waals surface area contributed by atoms with Gasteiger partial charge in [-0.2, -0.15) is 0 Å². The van der Waals surface area contributed by atoms with Crippen molar-refractivity contribution < 1.29 is 9.47 Å². The summed E-state index contributed by atoms with van der Waals surface area (Å²) >= 11 is 6.59. The zero-order valence-corrected chi connectivity index (χ0v) is 13.0. The van der Waals surface area contributed by atoms with Gasteiger partial charge in [-0.25, -0.2) is 0 Å². The summed E-state index contributed by atoms with van der Waals surface area (Å²) in [6.07, 6.45) is 4.11. The van der Waals surface area contributed by atoms with Crippen molar-refractivity contribution in [1.29, 1.82) is 0 Å². The van der Waals surface area contributed by atoms with E-state index in [1.807, 2.05) is 6.07 Å². The maximum Gasteiger partial charge on any atom is 0.164 e. The molecule has 20 heavy (non-hydrogen) atoms. The van der Waals surface area contributed by atoms with Crippen LogP contribution in [-0.2, 0) is 12.0 Å². The van der Waals surface area contributed by atoms with Gasteiger partial charge in [-0.3, -0.25) is 0 Å². The number of hydrogen-bond acceptors (Lipinski definition) is 3. The maximum atomic E-state index is 6.59. The van der Waals surface area contributed by atoms with Crippen LogP contribution in [0.3, 0.4) is 0 Å². The van der Waals surface area contributed by atoms with Crippen LogP contribution in [0.25, 0.3) is 0 Å². The van der Waals surface area contributed by atoms with Gasteiger partial charge in [-0.05, 0) is 38.3 Å². The molecule has 2 aliphatic heterocycles.